The molecule has 0 saturated heterocycles. The normalized spacial score (nSPS) is 13.6. The van der Waals surface area contributed by atoms with Crippen molar-refractivity contribution < 1.29 is 0 Å². The molecule has 6 aromatic rings. The molecule has 2 aromatic heterocycles. The standard InChI is InChI=1S/C35H22N2/c1-4-14-28-25(10-1)26-11-2-5-15-29(26)35(28)30-16-6-3-12-27(30)34-24(13-9-17-31(34)35)23-19-20-33(37-22-23)32-18-7-8-21-36-32/h1-22H. The zero-order valence-corrected chi connectivity index (χ0v) is 20.1. The van der Waals surface area contributed by atoms with Gasteiger partial charge in [-0.3, -0.25) is 9.97 Å². The third-order valence-electron chi connectivity index (χ3n) is 8.02. The van der Waals surface area contributed by atoms with Gasteiger partial charge >= 0.3 is 0 Å². The first-order valence-electron chi connectivity index (χ1n) is 12.7. The number of nitrogens with zero attached hydrogens (tertiary/aromatic N) is 2. The van der Waals surface area contributed by atoms with E-state index in [9.17, 15) is 0 Å². The van der Waals surface area contributed by atoms with Gasteiger partial charge in [-0.2, -0.15) is 0 Å². The first kappa shape index (κ1) is 20.4. The van der Waals surface area contributed by atoms with Crippen molar-refractivity contribution >= 4 is 0 Å². The fraction of sp³-hybridized carbons (Fsp3) is 0.0286. The van der Waals surface area contributed by atoms with Gasteiger partial charge in [0.2, 0.25) is 0 Å². The molecule has 37 heavy (non-hydrogen) atoms. The van der Waals surface area contributed by atoms with E-state index in [1.807, 2.05) is 30.6 Å². The van der Waals surface area contributed by atoms with Crippen LogP contribution in [0.1, 0.15) is 22.3 Å². The minimum atomic E-state index is -0.323. The molecule has 4 aromatic carbocycles. The van der Waals surface area contributed by atoms with Crippen LogP contribution in [0, 0.1) is 0 Å². The van der Waals surface area contributed by atoms with E-state index in [0.29, 0.717) is 0 Å². The number of benzene rings is 4. The monoisotopic (exact) mass is 470 g/mol. The van der Waals surface area contributed by atoms with Crippen LogP contribution in [-0.4, -0.2) is 9.97 Å². The lowest BCUT2D eigenvalue weighted by Gasteiger charge is -2.30. The summed E-state index contributed by atoms with van der Waals surface area (Å²) < 4.78 is 0. The van der Waals surface area contributed by atoms with Crippen LogP contribution in [0.25, 0.3) is 44.8 Å². The van der Waals surface area contributed by atoms with E-state index in [4.69, 9.17) is 4.98 Å². The third kappa shape index (κ3) is 2.65. The zero-order valence-electron chi connectivity index (χ0n) is 20.1. The van der Waals surface area contributed by atoms with Crippen molar-refractivity contribution in [1.82, 2.24) is 9.97 Å². The van der Waals surface area contributed by atoms with Crippen LogP contribution in [0.2, 0.25) is 0 Å². The van der Waals surface area contributed by atoms with Gasteiger partial charge in [0, 0.05) is 18.0 Å². The van der Waals surface area contributed by atoms with Gasteiger partial charge in [0.15, 0.2) is 0 Å². The van der Waals surface area contributed by atoms with Crippen LogP contribution in [0.15, 0.2) is 134 Å². The van der Waals surface area contributed by atoms with E-state index in [1.54, 1.807) is 0 Å². The summed E-state index contributed by atoms with van der Waals surface area (Å²) in [6, 6.07) is 43.7. The lowest BCUT2D eigenvalue weighted by molar-refractivity contribution is 0.794. The minimum Gasteiger partial charge on any atom is -0.255 e. The Labute approximate surface area is 216 Å². The van der Waals surface area contributed by atoms with Crippen molar-refractivity contribution in [2.45, 2.75) is 5.41 Å². The van der Waals surface area contributed by atoms with E-state index < -0.39 is 0 Å². The van der Waals surface area contributed by atoms with Gasteiger partial charge in [-0.05, 0) is 68.3 Å². The molecule has 0 unspecified atom stereocenters. The SMILES string of the molecule is c1ccc(-c2ccc(-c3cccc4c3-c3ccccc3C43c4ccccc4-c4ccccc43)cn2)nc1. The van der Waals surface area contributed by atoms with Crippen molar-refractivity contribution in [3.05, 3.63) is 156 Å². The molecule has 0 amide bonds. The van der Waals surface area contributed by atoms with E-state index >= 15 is 0 Å². The van der Waals surface area contributed by atoms with Crippen molar-refractivity contribution in [3.63, 3.8) is 0 Å². The van der Waals surface area contributed by atoms with Gasteiger partial charge < -0.3 is 0 Å². The minimum absolute atomic E-state index is 0.323. The molecule has 0 fully saturated rings. The summed E-state index contributed by atoms with van der Waals surface area (Å²) in [4.78, 5) is 9.27. The molecule has 2 heteroatoms. The highest BCUT2D eigenvalue weighted by molar-refractivity contribution is 5.99. The summed E-state index contributed by atoms with van der Waals surface area (Å²) in [6.07, 6.45) is 3.80. The highest BCUT2D eigenvalue weighted by Gasteiger charge is 2.51. The Morgan fingerprint density at radius 2 is 0.973 bits per heavy atom. The first-order valence-corrected chi connectivity index (χ1v) is 12.7. The van der Waals surface area contributed by atoms with Crippen molar-refractivity contribution in [3.8, 4) is 44.8 Å². The topological polar surface area (TPSA) is 25.8 Å². The molecular formula is C35H22N2. The van der Waals surface area contributed by atoms with E-state index in [1.165, 1.54) is 50.1 Å². The van der Waals surface area contributed by atoms with Crippen LogP contribution < -0.4 is 0 Å². The highest BCUT2D eigenvalue weighted by atomic mass is 14.8. The molecule has 0 N–H and O–H groups in total. The van der Waals surface area contributed by atoms with Crippen LogP contribution in [0.5, 0.6) is 0 Å². The van der Waals surface area contributed by atoms with Crippen LogP contribution >= 0.6 is 0 Å². The van der Waals surface area contributed by atoms with E-state index in [0.717, 1.165) is 17.0 Å². The highest BCUT2D eigenvalue weighted by Crippen LogP contribution is 2.63. The van der Waals surface area contributed by atoms with E-state index in [2.05, 4.69) is 108 Å². The molecule has 1 spiro atoms. The Morgan fingerprint density at radius 3 is 1.62 bits per heavy atom. The predicted molar refractivity (Wildman–Crippen MR) is 149 cm³/mol. The molecular weight excluding hydrogens is 448 g/mol. The maximum atomic E-state index is 4.81. The number of hydrogen-bond acceptors (Lipinski definition) is 2. The Kier molecular flexibility index (Phi) is 4.18. The smallest absolute Gasteiger partial charge is 0.0886 e. The molecule has 2 aliphatic carbocycles. The van der Waals surface area contributed by atoms with Gasteiger partial charge in [0.25, 0.3) is 0 Å². The Hall–Kier alpha value is -4.82. The molecule has 8 rings (SSSR count). The molecule has 0 saturated carbocycles. The van der Waals surface area contributed by atoms with Gasteiger partial charge in [-0.25, -0.2) is 0 Å². The molecule has 2 heterocycles. The second-order valence-corrected chi connectivity index (χ2v) is 9.76. The number of rotatable bonds is 2. The summed E-state index contributed by atoms with van der Waals surface area (Å²) in [6.45, 7) is 0. The maximum Gasteiger partial charge on any atom is 0.0886 e. The van der Waals surface area contributed by atoms with Gasteiger partial charge in [-0.1, -0.05) is 103 Å². The zero-order chi connectivity index (χ0) is 24.4. The van der Waals surface area contributed by atoms with Crippen LogP contribution in [-0.2, 0) is 5.41 Å². The number of aromatic nitrogens is 2. The number of hydrogen-bond donors (Lipinski definition) is 0. The second-order valence-electron chi connectivity index (χ2n) is 9.76. The molecule has 0 aliphatic heterocycles. The number of fused-ring (bicyclic) bond motifs is 10. The predicted octanol–water partition coefficient (Wildman–Crippen LogP) is 8.15. The summed E-state index contributed by atoms with van der Waals surface area (Å²) in [5.74, 6) is 0. The fourth-order valence-electron chi connectivity index (χ4n) is 6.60. The maximum absolute atomic E-state index is 4.81. The average Bonchev–Trinajstić information content (AvgIpc) is 3.45. The quantitative estimate of drug-likeness (QED) is 0.255. The first-order chi connectivity index (χ1) is 18.4. The van der Waals surface area contributed by atoms with E-state index in [-0.39, 0.29) is 5.41 Å². The van der Waals surface area contributed by atoms with Crippen molar-refractivity contribution in [2.24, 2.45) is 0 Å². The van der Waals surface area contributed by atoms with Crippen molar-refractivity contribution in [1.29, 1.82) is 0 Å². The van der Waals surface area contributed by atoms with Crippen LogP contribution in [0.3, 0.4) is 0 Å². The molecule has 0 radical (unpaired) electrons. The van der Waals surface area contributed by atoms with Crippen molar-refractivity contribution in [2.75, 3.05) is 0 Å². The molecule has 0 bridgehead atoms. The van der Waals surface area contributed by atoms with Gasteiger partial charge in [0.05, 0.1) is 16.8 Å². The summed E-state index contributed by atoms with van der Waals surface area (Å²) in [7, 11) is 0. The van der Waals surface area contributed by atoms with Crippen LogP contribution in [0.4, 0.5) is 0 Å². The Bertz CT molecular complexity index is 1770. The summed E-state index contributed by atoms with van der Waals surface area (Å²) >= 11 is 0. The van der Waals surface area contributed by atoms with Gasteiger partial charge in [-0.15, -0.1) is 0 Å². The lowest BCUT2D eigenvalue weighted by Crippen LogP contribution is -2.25. The Balaban J connectivity index is 1.41. The molecule has 2 aliphatic rings. The molecule has 172 valence electrons. The number of pyridine rings is 2. The fourth-order valence-corrected chi connectivity index (χ4v) is 6.60. The van der Waals surface area contributed by atoms with Gasteiger partial charge in [0.1, 0.15) is 0 Å². The summed E-state index contributed by atoms with van der Waals surface area (Å²) in [5.41, 5.74) is 14.5. The lowest BCUT2D eigenvalue weighted by atomic mass is 9.70. The molecule has 2 nitrogen and oxygen atoms in total. The molecule has 0 atom stereocenters. The Morgan fingerprint density at radius 1 is 0.405 bits per heavy atom. The summed E-state index contributed by atoms with van der Waals surface area (Å²) in [5, 5.41) is 0. The third-order valence-corrected chi connectivity index (χ3v) is 8.02. The average molecular weight is 471 g/mol. The second kappa shape index (κ2) is 7.59. The largest absolute Gasteiger partial charge is 0.255 e.